The Morgan fingerprint density at radius 1 is 1.35 bits per heavy atom. The molecule has 0 spiro atoms. The van der Waals surface area contributed by atoms with Crippen LogP contribution >= 0.6 is 0 Å². The monoisotopic (exact) mass is 282 g/mol. The molecule has 3 nitrogen and oxygen atoms in total. The summed E-state index contributed by atoms with van der Waals surface area (Å²) in [4.78, 5) is 2.63. The van der Waals surface area contributed by atoms with Gasteiger partial charge in [0.05, 0.1) is 12.7 Å². The molecule has 0 radical (unpaired) electrons. The van der Waals surface area contributed by atoms with Gasteiger partial charge >= 0.3 is 0 Å². The van der Waals surface area contributed by atoms with E-state index in [0.717, 1.165) is 32.2 Å². The molecule has 2 aliphatic rings. The molecule has 2 fully saturated rings. The van der Waals surface area contributed by atoms with Crippen LogP contribution in [0.15, 0.2) is 0 Å². The molecule has 118 valence electrons. The summed E-state index contributed by atoms with van der Waals surface area (Å²) in [6.45, 7) is 14.9. The first kappa shape index (κ1) is 16.3. The van der Waals surface area contributed by atoms with Crippen LogP contribution in [0.1, 0.15) is 53.4 Å². The standard InChI is InChI=1S/C17H34N2O/c1-5-9-18-16-15(7-6-8-17(16,3)4)13-19-10-11-20-14(2)12-19/h14-16,18H,5-13H2,1-4H3. The second-order valence-corrected chi connectivity index (χ2v) is 7.51. The number of hydrogen-bond acceptors (Lipinski definition) is 3. The van der Waals surface area contributed by atoms with Crippen molar-refractivity contribution in [3.8, 4) is 0 Å². The fourth-order valence-corrected chi connectivity index (χ4v) is 4.11. The van der Waals surface area contributed by atoms with E-state index in [2.05, 4.69) is 37.9 Å². The van der Waals surface area contributed by atoms with Crippen LogP contribution in [-0.4, -0.2) is 49.8 Å². The number of nitrogens with zero attached hydrogens (tertiary/aromatic N) is 1. The lowest BCUT2D eigenvalue weighted by atomic mass is 9.67. The molecule has 1 heterocycles. The van der Waals surface area contributed by atoms with Crippen molar-refractivity contribution in [2.24, 2.45) is 11.3 Å². The Kier molecular flexibility index (Phi) is 5.88. The third-order valence-corrected chi connectivity index (χ3v) is 5.14. The first-order valence-electron chi connectivity index (χ1n) is 8.60. The summed E-state index contributed by atoms with van der Waals surface area (Å²) in [6.07, 6.45) is 5.78. The number of hydrogen-bond donors (Lipinski definition) is 1. The van der Waals surface area contributed by atoms with Gasteiger partial charge in [0.1, 0.15) is 0 Å². The normalized spacial score (nSPS) is 35.1. The van der Waals surface area contributed by atoms with Crippen LogP contribution in [0.3, 0.4) is 0 Å². The molecule has 1 aliphatic carbocycles. The predicted octanol–water partition coefficient (Wildman–Crippen LogP) is 2.90. The zero-order valence-electron chi connectivity index (χ0n) is 14.0. The van der Waals surface area contributed by atoms with Crippen molar-refractivity contribution >= 4 is 0 Å². The quantitative estimate of drug-likeness (QED) is 0.839. The van der Waals surface area contributed by atoms with Gasteiger partial charge in [-0.05, 0) is 44.1 Å². The SMILES string of the molecule is CCCNC1C(CN2CCOC(C)C2)CCCC1(C)C. The third-order valence-electron chi connectivity index (χ3n) is 5.14. The Morgan fingerprint density at radius 2 is 2.15 bits per heavy atom. The molecule has 3 heteroatoms. The van der Waals surface area contributed by atoms with Crippen LogP contribution in [0.4, 0.5) is 0 Å². The topological polar surface area (TPSA) is 24.5 Å². The molecule has 1 N–H and O–H groups in total. The lowest BCUT2D eigenvalue weighted by molar-refractivity contribution is -0.0318. The third kappa shape index (κ3) is 4.19. The highest BCUT2D eigenvalue weighted by atomic mass is 16.5. The fraction of sp³-hybridized carbons (Fsp3) is 1.00. The summed E-state index contributed by atoms with van der Waals surface area (Å²) in [5, 5.41) is 3.85. The highest BCUT2D eigenvalue weighted by Gasteiger charge is 2.39. The van der Waals surface area contributed by atoms with Gasteiger partial charge in [0.2, 0.25) is 0 Å². The number of nitrogens with one attached hydrogen (secondary N) is 1. The first-order valence-corrected chi connectivity index (χ1v) is 8.60. The van der Waals surface area contributed by atoms with Crippen LogP contribution in [0, 0.1) is 11.3 Å². The van der Waals surface area contributed by atoms with E-state index in [1.807, 2.05) is 0 Å². The van der Waals surface area contributed by atoms with Gasteiger partial charge in [0, 0.05) is 25.7 Å². The van der Waals surface area contributed by atoms with E-state index in [1.54, 1.807) is 0 Å². The highest BCUT2D eigenvalue weighted by Crippen LogP contribution is 2.39. The molecule has 3 unspecified atom stereocenters. The Bertz CT molecular complexity index is 293. The van der Waals surface area contributed by atoms with Gasteiger partial charge in [-0.15, -0.1) is 0 Å². The molecule has 1 saturated heterocycles. The Balaban J connectivity index is 1.95. The lowest BCUT2D eigenvalue weighted by Gasteiger charge is -2.47. The van der Waals surface area contributed by atoms with Gasteiger partial charge in [0.25, 0.3) is 0 Å². The molecule has 20 heavy (non-hydrogen) atoms. The van der Waals surface area contributed by atoms with Gasteiger partial charge in [-0.3, -0.25) is 4.90 Å². The van der Waals surface area contributed by atoms with E-state index in [4.69, 9.17) is 4.74 Å². The molecule has 3 atom stereocenters. The number of morpholine rings is 1. The largest absolute Gasteiger partial charge is 0.376 e. The van der Waals surface area contributed by atoms with Crippen LogP contribution in [0.25, 0.3) is 0 Å². The second kappa shape index (κ2) is 7.24. The molecule has 0 aromatic heterocycles. The fourth-order valence-electron chi connectivity index (χ4n) is 4.11. The summed E-state index contributed by atoms with van der Waals surface area (Å²) in [5.41, 5.74) is 0.440. The summed E-state index contributed by atoms with van der Waals surface area (Å²) in [6, 6.07) is 0.675. The maximum absolute atomic E-state index is 5.67. The molecule has 2 rings (SSSR count). The molecule has 0 aromatic rings. The summed E-state index contributed by atoms with van der Waals surface area (Å²) < 4.78 is 5.67. The minimum atomic E-state index is 0.405. The van der Waals surface area contributed by atoms with Crippen molar-refractivity contribution in [1.29, 1.82) is 0 Å². The lowest BCUT2D eigenvalue weighted by Crippen LogP contribution is -2.54. The van der Waals surface area contributed by atoms with E-state index in [-0.39, 0.29) is 0 Å². The average molecular weight is 282 g/mol. The second-order valence-electron chi connectivity index (χ2n) is 7.51. The van der Waals surface area contributed by atoms with Crippen molar-refractivity contribution in [3.05, 3.63) is 0 Å². The maximum atomic E-state index is 5.67. The number of ether oxygens (including phenoxy) is 1. The average Bonchev–Trinajstić information content (AvgIpc) is 2.37. The van der Waals surface area contributed by atoms with Gasteiger partial charge in [-0.25, -0.2) is 0 Å². The molecule has 1 aliphatic heterocycles. The number of rotatable bonds is 5. The van der Waals surface area contributed by atoms with Gasteiger partial charge in [-0.1, -0.05) is 27.2 Å². The van der Waals surface area contributed by atoms with Crippen molar-refractivity contribution in [3.63, 3.8) is 0 Å². The predicted molar refractivity (Wildman–Crippen MR) is 85.1 cm³/mol. The van der Waals surface area contributed by atoms with Gasteiger partial charge in [0.15, 0.2) is 0 Å². The van der Waals surface area contributed by atoms with Crippen molar-refractivity contribution in [2.45, 2.75) is 65.5 Å². The molecular formula is C17H34N2O. The highest BCUT2D eigenvalue weighted by molar-refractivity contribution is 4.94. The van der Waals surface area contributed by atoms with Crippen LogP contribution in [0.2, 0.25) is 0 Å². The zero-order valence-corrected chi connectivity index (χ0v) is 14.0. The van der Waals surface area contributed by atoms with Gasteiger partial charge in [-0.2, -0.15) is 0 Å². The smallest absolute Gasteiger partial charge is 0.0674 e. The zero-order chi connectivity index (χ0) is 14.6. The molecule has 0 amide bonds. The van der Waals surface area contributed by atoms with Crippen LogP contribution < -0.4 is 5.32 Å². The van der Waals surface area contributed by atoms with E-state index < -0.39 is 0 Å². The first-order chi connectivity index (χ1) is 9.53. The minimum absolute atomic E-state index is 0.405. The minimum Gasteiger partial charge on any atom is -0.376 e. The van der Waals surface area contributed by atoms with E-state index >= 15 is 0 Å². The molecule has 0 bridgehead atoms. The summed E-state index contributed by atoms with van der Waals surface area (Å²) in [7, 11) is 0. The molecule has 0 aromatic carbocycles. The van der Waals surface area contributed by atoms with E-state index in [1.165, 1.54) is 32.2 Å². The summed E-state index contributed by atoms with van der Waals surface area (Å²) in [5.74, 6) is 0.801. The molecule has 1 saturated carbocycles. The molecular weight excluding hydrogens is 248 g/mol. The van der Waals surface area contributed by atoms with Crippen LogP contribution in [0.5, 0.6) is 0 Å². The Hall–Kier alpha value is -0.120. The van der Waals surface area contributed by atoms with Crippen LogP contribution in [-0.2, 0) is 4.74 Å². The summed E-state index contributed by atoms with van der Waals surface area (Å²) >= 11 is 0. The van der Waals surface area contributed by atoms with E-state index in [0.29, 0.717) is 17.6 Å². The Labute approximate surface area is 125 Å². The van der Waals surface area contributed by atoms with E-state index in [9.17, 15) is 0 Å². The maximum Gasteiger partial charge on any atom is 0.0674 e. The van der Waals surface area contributed by atoms with Crippen molar-refractivity contribution < 1.29 is 4.74 Å². The van der Waals surface area contributed by atoms with Gasteiger partial charge < -0.3 is 10.1 Å². The van der Waals surface area contributed by atoms with Crippen molar-refractivity contribution in [1.82, 2.24) is 10.2 Å². The van der Waals surface area contributed by atoms with Crippen molar-refractivity contribution in [2.75, 3.05) is 32.8 Å². The Morgan fingerprint density at radius 3 is 2.85 bits per heavy atom.